The molecule has 0 aromatic carbocycles. The van der Waals surface area contributed by atoms with E-state index in [9.17, 15) is 4.79 Å². The van der Waals surface area contributed by atoms with Crippen LogP contribution in [0, 0.1) is 0 Å². The Bertz CT molecular complexity index is 974. The molecule has 7 nitrogen and oxygen atoms in total. The molecule has 1 aliphatic rings. The summed E-state index contributed by atoms with van der Waals surface area (Å²) in [6.07, 6.45) is 5.38. The average molecular weight is 395 g/mol. The number of hydrogen-bond acceptors (Lipinski definition) is 7. The zero-order chi connectivity index (χ0) is 17.4. The highest BCUT2D eigenvalue weighted by Gasteiger charge is 2.23. The molecule has 0 atom stereocenters. The lowest BCUT2D eigenvalue weighted by Crippen LogP contribution is -2.35. The minimum Gasteiger partial charge on any atom is -0.306 e. The SMILES string of the molecule is O=c1[nH]c(-c2cncnc2)nc2c1CN(Cc1sc(Cl)nc1Cl)CC2. The van der Waals surface area contributed by atoms with Crippen LogP contribution in [0.4, 0.5) is 0 Å². The van der Waals surface area contributed by atoms with Crippen LogP contribution in [0.25, 0.3) is 11.4 Å². The largest absolute Gasteiger partial charge is 0.306 e. The molecule has 0 aliphatic carbocycles. The number of hydrogen-bond donors (Lipinski definition) is 1. The molecule has 0 saturated heterocycles. The summed E-state index contributed by atoms with van der Waals surface area (Å²) in [6.45, 7) is 1.89. The second kappa shape index (κ2) is 6.80. The normalized spacial score (nSPS) is 14.5. The number of H-pyrrole nitrogens is 1. The molecular weight excluding hydrogens is 383 g/mol. The Morgan fingerprint density at radius 3 is 2.76 bits per heavy atom. The van der Waals surface area contributed by atoms with E-state index in [4.69, 9.17) is 23.2 Å². The van der Waals surface area contributed by atoms with Gasteiger partial charge < -0.3 is 4.98 Å². The van der Waals surface area contributed by atoms with Gasteiger partial charge in [-0.25, -0.2) is 19.9 Å². The molecule has 0 fully saturated rings. The van der Waals surface area contributed by atoms with Gasteiger partial charge in [0.15, 0.2) is 4.47 Å². The molecule has 0 amide bonds. The summed E-state index contributed by atoms with van der Waals surface area (Å²) in [5, 5.41) is 0.423. The monoisotopic (exact) mass is 394 g/mol. The number of thiazole rings is 1. The summed E-state index contributed by atoms with van der Waals surface area (Å²) in [5.41, 5.74) is 2.05. The fraction of sp³-hybridized carbons (Fsp3) is 0.267. The average Bonchev–Trinajstić information content (AvgIpc) is 2.93. The molecule has 0 spiro atoms. The van der Waals surface area contributed by atoms with Crippen LogP contribution in [0.3, 0.4) is 0 Å². The van der Waals surface area contributed by atoms with Gasteiger partial charge in [0, 0.05) is 38.4 Å². The smallest absolute Gasteiger partial charge is 0.255 e. The van der Waals surface area contributed by atoms with Gasteiger partial charge in [-0.3, -0.25) is 9.69 Å². The van der Waals surface area contributed by atoms with Crippen molar-refractivity contribution in [2.24, 2.45) is 0 Å². The van der Waals surface area contributed by atoms with Crippen molar-refractivity contribution in [1.29, 1.82) is 0 Å². The van der Waals surface area contributed by atoms with E-state index in [1.54, 1.807) is 12.4 Å². The molecular formula is C15H12Cl2N6OS. The summed E-state index contributed by atoms with van der Waals surface area (Å²) in [4.78, 5) is 34.9. The van der Waals surface area contributed by atoms with E-state index in [0.29, 0.717) is 46.1 Å². The van der Waals surface area contributed by atoms with Gasteiger partial charge in [0.1, 0.15) is 17.3 Å². The first-order valence-corrected chi connectivity index (χ1v) is 9.08. The van der Waals surface area contributed by atoms with Gasteiger partial charge in [-0.1, -0.05) is 23.2 Å². The van der Waals surface area contributed by atoms with E-state index < -0.39 is 0 Å². The van der Waals surface area contributed by atoms with Crippen LogP contribution in [-0.4, -0.2) is 36.4 Å². The Labute approximate surface area is 156 Å². The van der Waals surface area contributed by atoms with Gasteiger partial charge in [0.2, 0.25) is 0 Å². The fourth-order valence-electron chi connectivity index (χ4n) is 2.78. The summed E-state index contributed by atoms with van der Waals surface area (Å²) >= 11 is 13.3. The Balaban J connectivity index is 1.59. The number of halogens is 2. The van der Waals surface area contributed by atoms with Gasteiger partial charge in [-0.2, -0.15) is 0 Å². The maximum atomic E-state index is 12.5. The predicted molar refractivity (Wildman–Crippen MR) is 95.8 cm³/mol. The van der Waals surface area contributed by atoms with Crippen molar-refractivity contribution in [2.45, 2.75) is 19.5 Å². The first kappa shape index (κ1) is 16.6. The third-order valence-electron chi connectivity index (χ3n) is 3.97. The van der Waals surface area contributed by atoms with E-state index in [0.717, 1.165) is 17.1 Å². The van der Waals surface area contributed by atoms with Crippen LogP contribution in [0.5, 0.6) is 0 Å². The van der Waals surface area contributed by atoms with Crippen molar-refractivity contribution < 1.29 is 0 Å². The van der Waals surface area contributed by atoms with E-state index in [1.807, 2.05) is 0 Å². The van der Waals surface area contributed by atoms with Gasteiger partial charge >= 0.3 is 0 Å². The van der Waals surface area contributed by atoms with Gasteiger partial charge in [-0.15, -0.1) is 11.3 Å². The van der Waals surface area contributed by atoms with E-state index >= 15 is 0 Å². The topological polar surface area (TPSA) is 87.7 Å². The number of rotatable bonds is 3. The minimum atomic E-state index is -0.137. The van der Waals surface area contributed by atoms with Crippen LogP contribution in [-0.2, 0) is 19.5 Å². The molecule has 4 heterocycles. The highest BCUT2D eigenvalue weighted by atomic mass is 35.5. The summed E-state index contributed by atoms with van der Waals surface area (Å²) in [5.74, 6) is 0.495. The lowest BCUT2D eigenvalue weighted by atomic mass is 10.1. The standard InChI is InChI=1S/C15H12Cl2N6OS/c16-12-11(25-15(17)21-12)6-23-2-1-10-9(5-23)14(24)22-13(20-10)8-3-18-7-19-4-8/h3-4,7H,1-2,5-6H2,(H,20,22,24). The van der Waals surface area contributed by atoms with Gasteiger partial charge in [0.25, 0.3) is 5.56 Å². The van der Waals surface area contributed by atoms with Crippen LogP contribution in [0.2, 0.25) is 9.62 Å². The molecule has 10 heteroatoms. The van der Waals surface area contributed by atoms with E-state index in [-0.39, 0.29) is 5.56 Å². The third kappa shape index (κ3) is 3.43. The zero-order valence-electron chi connectivity index (χ0n) is 12.9. The molecule has 3 aromatic rings. The molecule has 0 radical (unpaired) electrons. The molecule has 128 valence electrons. The Morgan fingerprint density at radius 2 is 2.04 bits per heavy atom. The Morgan fingerprint density at radius 1 is 1.24 bits per heavy atom. The number of aromatic nitrogens is 5. The van der Waals surface area contributed by atoms with Crippen LogP contribution >= 0.6 is 34.5 Å². The zero-order valence-corrected chi connectivity index (χ0v) is 15.2. The second-order valence-corrected chi connectivity index (χ2v) is 7.63. The molecule has 25 heavy (non-hydrogen) atoms. The van der Waals surface area contributed by atoms with Crippen molar-refractivity contribution >= 4 is 34.5 Å². The third-order valence-corrected chi connectivity index (χ3v) is 5.54. The Kier molecular flexibility index (Phi) is 4.51. The summed E-state index contributed by atoms with van der Waals surface area (Å²) < 4.78 is 0.423. The maximum absolute atomic E-state index is 12.5. The Hall–Kier alpha value is -1.87. The summed E-state index contributed by atoms with van der Waals surface area (Å²) in [7, 11) is 0. The van der Waals surface area contributed by atoms with Gasteiger partial charge in [0.05, 0.1) is 21.7 Å². The molecule has 0 saturated carbocycles. The van der Waals surface area contributed by atoms with Crippen molar-refractivity contribution in [3.63, 3.8) is 0 Å². The van der Waals surface area contributed by atoms with E-state index in [1.165, 1.54) is 17.7 Å². The molecule has 1 aliphatic heterocycles. The van der Waals surface area contributed by atoms with E-state index in [2.05, 4.69) is 29.8 Å². The lowest BCUT2D eigenvalue weighted by Gasteiger charge is -2.27. The van der Waals surface area contributed by atoms with Crippen LogP contribution < -0.4 is 5.56 Å². The number of nitrogens with one attached hydrogen (secondary N) is 1. The highest BCUT2D eigenvalue weighted by molar-refractivity contribution is 7.16. The quantitative estimate of drug-likeness (QED) is 0.734. The molecule has 4 rings (SSSR count). The highest BCUT2D eigenvalue weighted by Crippen LogP contribution is 2.29. The lowest BCUT2D eigenvalue weighted by molar-refractivity contribution is 0.244. The predicted octanol–water partition coefficient (Wildman–Crippen LogP) is 2.55. The molecule has 0 unspecified atom stereocenters. The van der Waals surface area contributed by atoms with Gasteiger partial charge in [-0.05, 0) is 0 Å². The first-order chi connectivity index (χ1) is 12.1. The first-order valence-electron chi connectivity index (χ1n) is 7.50. The van der Waals surface area contributed by atoms with Crippen LogP contribution in [0.15, 0.2) is 23.5 Å². The van der Waals surface area contributed by atoms with Crippen molar-refractivity contribution in [2.75, 3.05) is 6.54 Å². The van der Waals surface area contributed by atoms with Crippen molar-refractivity contribution in [1.82, 2.24) is 29.8 Å². The number of fused-ring (bicyclic) bond motifs is 1. The fourth-order valence-corrected chi connectivity index (χ4v) is 4.22. The molecule has 1 N–H and O–H groups in total. The van der Waals surface area contributed by atoms with Crippen LogP contribution in [0.1, 0.15) is 16.1 Å². The second-order valence-electron chi connectivity index (χ2n) is 5.61. The van der Waals surface area contributed by atoms with Crippen molar-refractivity contribution in [3.05, 3.63) is 54.8 Å². The molecule has 3 aromatic heterocycles. The molecule has 0 bridgehead atoms. The number of aromatic amines is 1. The van der Waals surface area contributed by atoms with Crippen molar-refractivity contribution in [3.8, 4) is 11.4 Å². The maximum Gasteiger partial charge on any atom is 0.255 e. The summed E-state index contributed by atoms with van der Waals surface area (Å²) in [6, 6.07) is 0. The minimum absolute atomic E-state index is 0.137. The number of nitrogens with zero attached hydrogens (tertiary/aromatic N) is 5.